The maximum Gasteiger partial charge on any atom is 0.432 e. The molecule has 8 heteroatoms. The van der Waals surface area contributed by atoms with E-state index in [0.717, 1.165) is 12.1 Å². The van der Waals surface area contributed by atoms with Gasteiger partial charge in [0.25, 0.3) is 12.1 Å². The molecule has 1 atom stereocenters. The van der Waals surface area contributed by atoms with Crippen molar-refractivity contribution in [3.8, 4) is 5.75 Å². The number of hydrogen-bond acceptors (Lipinski definition) is 2. The second kappa shape index (κ2) is 4.01. The van der Waals surface area contributed by atoms with Gasteiger partial charge in [-0.1, -0.05) is 12.1 Å². The maximum atomic E-state index is 13.5. The molecular weight excluding hydrogens is 252 g/mol. The molecule has 0 amide bonds. The van der Waals surface area contributed by atoms with E-state index in [1.807, 2.05) is 0 Å². The van der Waals surface area contributed by atoms with E-state index >= 15 is 0 Å². The predicted molar refractivity (Wildman–Crippen MR) is 47.4 cm³/mol. The van der Waals surface area contributed by atoms with Crippen molar-refractivity contribution < 1.29 is 31.4 Å². The van der Waals surface area contributed by atoms with E-state index in [1.54, 1.807) is 0 Å². The topological polar surface area (TPSA) is 46.2 Å². The zero-order valence-electron chi connectivity index (χ0n) is 8.10. The highest BCUT2D eigenvalue weighted by atomic mass is 19.4. The molecule has 1 aromatic carbocycles. The summed E-state index contributed by atoms with van der Waals surface area (Å²) in [5, 5.41) is 9.01. The molecule has 1 unspecified atom stereocenters. The van der Waals surface area contributed by atoms with Crippen LogP contribution in [0.25, 0.3) is 0 Å². The first kappa shape index (κ1) is 13.5. The molecule has 1 aromatic rings. The van der Waals surface area contributed by atoms with Crippen LogP contribution < -0.4 is 5.73 Å². The number of rotatable bonds is 2. The molecule has 2 nitrogen and oxygen atoms in total. The van der Waals surface area contributed by atoms with Crippen molar-refractivity contribution in [2.24, 2.45) is 0 Å². The molecular formula is C9H7F6NO. The van der Waals surface area contributed by atoms with Crippen LogP contribution in [0, 0.1) is 0 Å². The van der Waals surface area contributed by atoms with Crippen LogP contribution in [-0.2, 0) is 5.67 Å². The molecule has 0 radical (unpaired) electrons. The van der Waals surface area contributed by atoms with Crippen LogP contribution in [0.4, 0.5) is 32.0 Å². The fourth-order valence-electron chi connectivity index (χ4n) is 1.26. The fraction of sp³-hybridized carbons (Fsp3) is 0.333. The third kappa shape index (κ3) is 1.98. The highest BCUT2D eigenvalue weighted by Crippen LogP contribution is 2.49. The Bertz CT molecular complexity index is 418. The van der Waals surface area contributed by atoms with Gasteiger partial charge in [-0.15, -0.1) is 0 Å². The lowest BCUT2D eigenvalue weighted by atomic mass is 9.93. The molecule has 0 fully saturated rings. The third-order valence-corrected chi connectivity index (χ3v) is 2.19. The molecule has 0 aliphatic rings. The van der Waals surface area contributed by atoms with Gasteiger partial charge in [0.1, 0.15) is 5.75 Å². The van der Waals surface area contributed by atoms with E-state index in [0.29, 0.717) is 6.07 Å². The zero-order chi connectivity index (χ0) is 13.4. The summed E-state index contributed by atoms with van der Waals surface area (Å²) < 4.78 is 75.3. The number of hydrogen-bond donors (Lipinski definition) is 2. The smallest absolute Gasteiger partial charge is 0.432 e. The molecule has 17 heavy (non-hydrogen) atoms. The summed E-state index contributed by atoms with van der Waals surface area (Å²) in [5.41, 5.74) is -2.49. The number of phenolic OH excluding ortho intramolecular Hbond substituents is 1. The largest absolute Gasteiger partial charge is 0.506 e. The van der Waals surface area contributed by atoms with Crippen LogP contribution in [-0.4, -0.2) is 17.7 Å². The summed E-state index contributed by atoms with van der Waals surface area (Å²) in [6.45, 7) is 0. The quantitative estimate of drug-likeness (QED) is 0.487. The van der Waals surface area contributed by atoms with Crippen molar-refractivity contribution in [3.05, 3.63) is 23.8 Å². The first-order valence-electron chi connectivity index (χ1n) is 4.24. The van der Waals surface area contributed by atoms with Gasteiger partial charge in [0, 0.05) is 5.56 Å². The molecule has 0 saturated carbocycles. The predicted octanol–water partition coefficient (Wildman–Crippen LogP) is 2.97. The van der Waals surface area contributed by atoms with Crippen LogP contribution in [0.3, 0.4) is 0 Å². The van der Waals surface area contributed by atoms with Gasteiger partial charge in [0.2, 0.25) is 0 Å². The number of anilines is 1. The average Bonchev–Trinajstić information content (AvgIpc) is 2.19. The minimum Gasteiger partial charge on any atom is -0.506 e. The van der Waals surface area contributed by atoms with Crippen molar-refractivity contribution in [1.29, 1.82) is 0 Å². The van der Waals surface area contributed by atoms with E-state index in [1.165, 1.54) is 0 Å². The SMILES string of the molecule is Nc1c(O)cccc1C(F)(C(F)F)C(F)(F)F. The fourth-order valence-corrected chi connectivity index (χ4v) is 1.26. The molecule has 0 saturated heterocycles. The van der Waals surface area contributed by atoms with E-state index in [4.69, 9.17) is 10.8 Å². The summed E-state index contributed by atoms with van der Waals surface area (Å²) in [7, 11) is 0. The molecule has 0 aromatic heterocycles. The Kier molecular flexibility index (Phi) is 3.17. The lowest BCUT2D eigenvalue weighted by molar-refractivity contribution is -0.274. The minimum absolute atomic E-state index is 0.453. The number of para-hydroxylation sites is 1. The Labute approximate surface area is 91.7 Å². The molecule has 0 spiro atoms. The van der Waals surface area contributed by atoms with Gasteiger partial charge in [-0.3, -0.25) is 0 Å². The monoisotopic (exact) mass is 259 g/mol. The second-order valence-electron chi connectivity index (χ2n) is 3.25. The molecule has 0 aliphatic heterocycles. The van der Waals surface area contributed by atoms with Crippen molar-refractivity contribution in [1.82, 2.24) is 0 Å². The minimum atomic E-state index is -5.84. The summed E-state index contributed by atoms with van der Waals surface area (Å²) in [4.78, 5) is 0. The standard InChI is InChI=1S/C9H7F6NO/c10-7(11)8(12,9(13,14)15)4-2-1-3-5(17)6(4)16/h1-3,7,17H,16H2. The Morgan fingerprint density at radius 3 is 2.06 bits per heavy atom. The summed E-state index contributed by atoms with van der Waals surface area (Å²) >= 11 is 0. The van der Waals surface area contributed by atoms with Gasteiger partial charge in [0.05, 0.1) is 5.69 Å². The van der Waals surface area contributed by atoms with Gasteiger partial charge in [-0.2, -0.15) is 13.2 Å². The van der Waals surface area contributed by atoms with Gasteiger partial charge in [0.15, 0.2) is 0 Å². The van der Waals surface area contributed by atoms with Gasteiger partial charge in [-0.25, -0.2) is 13.2 Å². The highest BCUT2D eigenvalue weighted by Gasteiger charge is 2.64. The number of aromatic hydroxyl groups is 1. The van der Waals surface area contributed by atoms with Crippen LogP contribution in [0.15, 0.2) is 18.2 Å². The molecule has 3 N–H and O–H groups in total. The molecule has 0 bridgehead atoms. The average molecular weight is 259 g/mol. The normalized spacial score (nSPS) is 15.9. The molecule has 96 valence electrons. The molecule has 0 heterocycles. The lowest BCUT2D eigenvalue weighted by Gasteiger charge is -2.28. The van der Waals surface area contributed by atoms with Crippen molar-refractivity contribution in [2.45, 2.75) is 18.3 Å². The van der Waals surface area contributed by atoms with Crippen LogP contribution >= 0.6 is 0 Å². The summed E-state index contributed by atoms with van der Waals surface area (Å²) in [6.07, 6.45) is -10.2. The number of phenols is 1. The zero-order valence-corrected chi connectivity index (χ0v) is 8.10. The van der Waals surface area contributed by atoms with E-state index in [-0.39, 0.29) is 0 Å². The molecule has 1 rings (SSSR count). The first-order chi connectivity index (χ1) is 7.62. The van der Waals surface area contributed by atoms with Gasteiger partial charge < -0.3 is 10.8 Å². The van der Waals surface area contributed by atoms with Gasteiger partial charge >= 0.3 is 6.18 Å². The third-order valence-electron chi connectivity index (χ3n) is 2.19. The Morgan fingerprint density at radius 1 is 1.12 bits per heavy atom. The lowest BCUT2D eigenvalue weighted by Crippen LogP contribution is -2.45. The number of alkyl halides is 6. The Morgan fingerprint density at radius 2 is 1.65 bits per heavy atom. The van der Waals surface area contributed by atoms with Crippen LogP contribution in [0.2, 0.25) is 0 Å². The Hall–Kier alpha value is -1.60. The highest BCUT2D eigenvalue weighted by molar-refractivity contribution is 5.60. The van der Waals surface area contributed by atoms with Gasteiger partial charge in [-0.05, 0) is 6.07 Å². The summed E-state index contributed by atoms with van der Waals surface area (Å²) in [5.74, 6) is -0.894. The van der Waals surface area contributed by atoms with Crippen molar-refractivity contribution in [2.75, 3.05) is 5.73 Å². The number of benzene rings is 1. The van der Waals surface area contributed by atoms with Crippen molar-refractivity contribution in [3.63, 3.8) is 0 Å². The first-order valence-corrected chi connectivity index (χ1v) is 4.24. The van der Waals surface area contributed by atoms with Crippen LogP contribution in [0.1, 0.15) is 5.56 Å². The number of halogens is 6. The van der Waals surface area contributed by atoms with Crippen molar-refractivity contribution >= 4 is 5.69 Å². The second-order valence-corrected chi connectivity index (χ2v) is 3.25. The van der Waals surface area contributed by atoms with E-state index in [9.17, 15) is 26.3 Å². The maximum absolute atomic E-state index is 13.5. The molecule has 0 aliphatic carbocycles. The number of nitrogens with two attached hydrogens (primary N) is 1. The van der Waals surface area contributed by atoms with Crippen LogP contribution in [0.5, 0.6) is 5.75 Å². The van der Waals surface area contributed by atoms with E-state index in [2.05, 4.69) is 0 Å². The Balaban J connectivity index is 3.50. The number of nitrogen functional groups attached to an aromatic ring is 1. The summed E-state index contributed by atoms with van der Waals surface area (Å²) in [6, 6.07) is 2.11. The van der Waals surface area contributed by atoms with E-state index < -0.39 is 35.3 Å².